The maximum atomic E-state index is 11.7. The second-order valence-corrected chi connectivity index (χ2v) is 10.6. The summed E-state index contributed by atoms with van der Waals surface area (Å²) in [5, 5.41) is 8.72. The molecule has 1 heterocycles. The highest BCUT2D eigenvalue weighted by Gasteiger charge is 2.38. The van der Waals surface area contributed by atoms with E-state index in [2.05, 4.69) is 12.1 Å². The number of aliphatic carboxylic acids is 1. The number of methoxy groups -OCH3 is 2. The van der Waals surface area contributed by atoms with Gasteiger partial charge in [0.15, 0.2) is 0 Å². The minimum atomic E-state index is -1.03. The van der Waals surface area contributed by atoms with Crippen LogP contribution < -0.4 is 9.47 Å². The zero-order valence-corrected chi connectivity index (χ0v) is 25.7. The monoisotopic (exact) mass is 617 g/mol. The molecule has 4 aromatic carbocycles. The van der Waals surface area contributed by atoms with Gasteiger partial charge in [0.05, 0.1) is 39.4 Å². The highest BCUT2D eigenvalue weighted by molar-refractivity contribution is 5.76. The molecule has 5 rings (SSSR count). The van der Waals surface area contributed by atoms with Crippen LogP contribution in [0.2, 0.25) is 0 Å². The number of carboxylic acids is 1. The summed E-state index contributed by atoms with van der Waals surface area (Å²) in [6.45, 7) is 0.362. The lowest BCUT2D eigenvalue weighted by Gasteiger charge is -2.36. The second kappa shape index (κ2) is 15.0. The Hall–Kier alpha value is -5.47. The molecule has 1 aromatic heterocycles. The van der Waals surface area contributed by atoms with Gasteiger partial charge >= 0.3 is 11.9 Å². The highest BCUT2D eigenvalue weighted by atomic mass is 16.5. The summed E-state index contributed by atoms with van der Waals surface area (Å²) in [5.41, 5.74) is 5.32. The van der Waals surface area contributed by atoms with Crippen molar-refractivity contribution < 1.29 is 33.6 Å². The van der Waals surface area contributed by atoms with E-state index in [1.54, 1.807) is 14.2 Å². The third kappa shape index (κ3) is 7.60. The van der Waals surface area contributed by atoms with Gasteiger partial charge in [-0.2, -0.15) is 0 Å². The van der Waals surface area contributed by atoms with Crippen LogP contribution in [-0.2, 0) is 37.9 Å². The first kappa shape index (κ1) is 31.9. The molecule has 46 heavy (non-hydrogen) atoms. The minimum absolute atomic E-state index is 0.0774. The van der Waals surface area contributed by atoms with Crippen molar-refractivity contribution in [1.82, 2.24) is 4.98 Å². The Balaban J connectivity index is 1.37. The van der Waals surface area contributed by atoms with Crippen molar-refractivity contribution in [2.45, 2.75) is 31.7 Å². The van der Waals surface area contributed by atoms with Gasteiger partial charge in [0.1, 0.15) is 23.7 Å². The highest BCUT2D eigenvalue weighted by Crippen LogP contribution is 2.42. The maximum Gasteiger partial charge on any atom is 0.306 e. The average Bonchev–Trinajstić information content (AvgIpc) is 3.11. The van der Waals surface area contributed by atoms with Gasteiger partial charge in [0.25, 0.3) is 0 Å². The molecule has 0 spiro atoms. The molecule has 8 nitrogen and oxygen atoms in total. The molecule has 0 aliphatic carbocycles. The van der Waals surface area contributed by atoms with Crippen LogP contribution >= 0.6 is 0 Å². The summed E-state index contributed by atoms with van der Waals surface area (Å²) in [6, 6.07) is 37.5. The van der Waals surface area contributed by atoms with E-state index in [0.717, 1.165) is 50.6 Å². The second-order valence-electron chi connectivity index (χ2n) is 10.6. The zero-order chi connectivity index (χ0) is 32.4. The standard InChI is InChI=1S/C38H35NO7/c1-43-33-17-13-31(14-18-33)38(30-6-4-3-5-7-30,32-15-19-34(44-2)20-16-32)46-26-28-10-21-35(39-24-28)29-11-8-27(9-12-29)25-45-37(42)23-22-36(40)41/h3-21,24H,22-23,25-26H2,1-2H3,(H,40,41). The zero-order valence-electron chi connectivity index (χ0n) is 25.7. The van der Waals surface area contributed by atoms with Crippen molar-refractivity contribution in [3.63, 3.8) is 0 Å². The Morgan fingerprint density at radius 3 is 1.74 bits per heavy atom. The number of carboxylic acid groups (broad SMARTS) is 1. The maximum absolute atomic E-state index is 11.7. The molecule has 234 valence electrons. The fourth-order valence-corrected chi connectivity index (χ4v) is 5.16. The number of ether oxygens (including phenoxy) is 4. The Bertz CT molecular complexity index is 1670. The normalized spacial score (nSPS) is 11.1. The summed E-state index contributed by atoms with van der Waals surface area (Å²) in [5.74, 6) is -0.0624. The van der Waals surface area contributed by atoms with E-state index in [1.165, 1.54) is 0 Å². The molecule has 1 N–H and O–H groups in total. The van der Waals surface area contributed by atoms with Gasteiger partial charge in [-0.1, -0.05) is 84.9 Å². The number of benzene rings is 4. The molecule has 0 atom stereocenters. The molecule has 0 unspecified atom stereocenters. The van der Waals surface area contributed by atoms with Crippen LogP contribution in [0, 0.1) is 0 Å². The van der Waals surface area contributed by atoms with Gasteiger partial charge in [0.2, 0.25) is 0 Å². The van der Waals surface area contributed by atoms with Crippen molar-refractivity contribution in [1.29, 1.82) is 0 Å². The molecule has 0 aliphatic rings. The molecule has 0 saturated heterocycles. The minimum Gasteiger partial charge on any atom is -0.497 e. The lowest BCUT2D eigenvalue weighted by atomic mass is 9.80. The topological polar surface area (TPSA) is 104 Å². The molecular formula is C38H35NO7. The third-order valence-corrected chi connectivity index (χ3v) is 7.65. The Morgan fingerprint density at radius 1 is 0.652 bits per heavy atom. The number of rotatable bonds is 14. The summed E-state index contributed by atoms with van der Waals surface area (Å²) >= 11 is 0. The smallest absolute Gasteiger partial charge is 0.306 e. The molecule has 0 fully saturated rings. The lowest BCUT2D eigenvalue weighted by molar-refractivity contribution is -0.148. The Morgan fingerprint density at radius 2 is 1.22 bits per heavy atom. The first-order valence-electron chi connectivity index (χ1n) is 14.8. The van der Waals surface area contributed by atoms with Crippen LogP contribution in [0.5, 0.6) is 11.5 Å². The quantitative estimate of drug-likeness (QED) is 0.103. The predicted octanol–water partition coefficient (Wildman–Crippen LogP) is 7.18. The lowest BCUT2D eigenvalue weighted by Crippen LogP contribution is -2.32. The molecule has 0 bridgehead atoms. The third-order valence-electron chi connectivity index (χ3n) is 7.65. The summed E-state index contributed by atoms with van der Waals surface area (Å²) < 4.78 is 23.0. The number of aromatic nitrogens is 1. The SMILES string of the molecule is COc1ccc(C(OCc2ccc(-c3ccc(COC(=O)CCC(=O)O)cc3)nc2)(c2ccccc2)c2ccc(OC)cc2)cc1. The number of nitrogens with zero attached hydrogens (tertiary/aromatic N) is 1. The molecule has 5 aromatic rings. The van der Waals surface area contributed by atoms with Crippen molar-refractivity contribution >= 4 is 11.9 Å². The summed E-state index contributed by atoms with van der Waals surface area (Å²) in [4.78, 5) is 27.1. The fraction of sp³-hybridized carbons (Fsp3) is 0.184. The van der Waals surface area contributed by atoms with E-state index < -0.39 is 17.5 Å². The van der Waals surface area contributed by atoms with E-state index >= 15 is 0 Å². The van der Waals surface area contributed by atoms with Crippen molar-refractivity contribution in [3.05, 3.63) is 149 Å². The number of pyridine rings is 1. The van der Waals surface area contributed by atoms with Crippen LogP contribution in [0.1, 0.15) is 40.7 Å². The number of hydrogen-bond donors (Lipinski definition) is 1. The molecule has 0 saturated carbocycles. The van der Waals surface area contributed by atoms with E-state index in [0.29, 0.717) is 0 Å². The van der Waals surface area contributed by atoms with Gasteiger partial charge in [-0.25, -0.2) is 0 Å². The van der Waals surface area contributed by atoms with Crippen LogP contribution in [-0.4, -0.2) is 36.2 Å². The number of esters is 1. The first-order chi connectivity index (χ1) is 22.4. The van der Waals surface area contributed by atoms with Gasteiger partial charge in [-0.3, -0.25) is 14.6 Å². The van der Waals surface area contributed by atoms with Crippen molar-refractivity contribution in [2.75, 3.05) is 14.2 Å². The fourth-order valence-electron chi connectivity index (χ4n) is 5.16. The molecule has 0 amide bonds. The van der Waals surface area contributed by atoms with E-state index in [9.17, 15) is 9.59 Å². The predicted molar refractivity (Wildman–Crippen MR) is 173 cm³/mol. The number of carbonyl (C=O) groups excluding carboxylic acids is 1. The largest absolute Gasteiger partial charge is 0.497 e. The van der Waals surface area contributed by atoms with Gasteiger partial charge < -0.3 is 24.1 Å². The Labute approximate surface area is 268 Å². The molecule has 0 radical (unpaired) electrons. The van der Waals surface area contributed by atoms with Crippen molar-refractivity contribution in [2.24, 2.45) is 0 Å². The van der Waals surface area contributed by atoms with Gasteiger partial charge in [0, 0.05) is 11.8 Å². The van der Waals surface area contributed by atoms with Crippen LogP contribution in [0.3, 0.4) is 0 Å². The van der Waals surface area contributed by atoms with E-state index in [4.69, 9.17) is 29.0 Å². The molecule has 8 heteroatoms. The van der Waals surface area contributed by atoms with Crippen LogP contribution in [0.25, 0.3) is 11.3 Å². The summed E-state index contributed by atoms with van der Waals surface area (Å²) in [7, 11) is 3.29. The van der Waals surface area contributed by atoms with Crippen LogP contribution in [0.15, 0.2) is 121 Å². The van der Waals surface area contributed by atoms with E-state index in [1.807, 2.05) is 109 Å². The number of carbonyl (C=O) groups is 2. The Kier molecular flexibility index (Phi) is 10.4. The van der Waals surface area contributed by atoms with Gasteiger partial charge in [-0.15, -0.1) is 0 Å². The summed E-state index contributed by atoms with van der Waals surface area (Å²) in [6.07, 6.45) is 1.41. The van der Waals surface area contributed by atoms with Crippen LogP contribution in [0.4, 0.5) is 0 Å². The first-order valence-corrected chi connectivity index (χ1v) is 14.8. The number of hydrogen-bond acceptors (Lipinski definition) is 7. The average molecular weight is 618 g/mol. The molecule has 0 aliphatic heterocycles. The van der Waals surface area contributed by atoms with Gasteiger partial charge in [-0.05, 0) is 58.1 Å². The van der Waals surface area contributed by atoms with E-state index in [-0.39, 0.29) is 26.1 Å². The van der Waals surface area contributed by atoms with Crippen molar-refractivity contribution in [3.8, 4) is 22.8 Å². The molecular weight excluding hydrogens is 582 g/mol.